The summed E-state index contributed by atoms with van der Waals surface area (Å²) >= 11 is 7.04. The summed E-state index contributed by atoms with van der Waals surface area (Å²) in [6.45, 7) is 7.27. The molecule has 2 aromatic carbocycles. The van der Waals surface area contributed by atoms with Gasteiger partial charge < -0.3 is 18.9 Å². The average molecular weight is 612 g/mol. The first-order valence-electron chi connectivity index (χ1n) is 12.1. The molecule has 7 heteroatoms. The van der Waals surface area contributed by atoms with E-state index in [4.69, 9.17) is 18.9 Å². The van der Waals surface area contributed by atoms with E-state index in [1.165, 1.54) is 24.0 Å². The molecular weight excluding hydrogens is 576 g/mol. The molecule has 2 aromatic rings. The Hall–Kier alpha value is -1.41. The van der Waals surface area contributed by atoms with Gasteiger partial charge in [0.2, 0.25) is 0 Å². The van der Waals surface area contributed by atoms with Crippen LogP contribution in [0.1, 0.15) is 66.8 Å². The summed E-state index contributed by atoms with van der Waals surface area (Å²) < 4.78 is 23.4. The number of ketones is 1. The molecule has 5 nitrogen and oxygen atoms in total. The summed E-state index contributed by atoms with van der Waals surface area (Å²) in [7, 11) is 5.07. The van der Waals surface area contributed by atoms with Crippen molar-refractivity contribution in [1.29, 1.82) is 0 Å². The van der Waals surface area contributed by atoms with Crippen molar-refractivity contribution in [2.24, 2.45) is 11.8 Å². The molecule has 0 bridgehead atoms. The number of Topliss-reactive ketones (excluding diaryl/α,β-unsaturated/α-hetero) is 1. The number of ether oxygens (including phenoxy) is 4. The molecule has 4 atom stereocenters. The van der Waals surface area contributed by atoms with Crippen molar-refractivity contribution in [3.05, 3.63) is 55.5 Å². The monoisotopic (exact) mass is 610 g/mol. The Labute approximate surface area is 226 Å². The van der Waals surface area contributed by atoms with E-state index in [1.54, 1.807) is 21.3 Å². The number of rotatable bonds is 3. The maximum Gasteiger partial charge on any atom is 0.170 e. The third kappa shape index (κ3) is 6.30. The molecule has 4 unspecified atom stereocenters. The highest BCUT2D eigenvalue weighted by atomic mass is 79.9. The molecule has 0 aromatic heterocycles. The zero-order valence-electron chi connectivity index (χ0n) is 21.5. The van der Waals surface area contributed by atoms with E-state index in [0.29, 0.717) is 17.8 Å². The number of methoxy groups -OCH3 is 3. The van der Waals surface area contributed by atoms with Gasteiger partial charge in [0.15, 0.2) is 5.78 Å². The van der Waals surface area contributed by atoms with E-state index in [1.807, 2.05) is 31.2 Å². The van der Waals surface area contributed by atoms with Crippen LogP contribution in [0.5, 0.6) is 11.5 Å². The second kappa shape index (κ2) is 12.7. The number of hydrogen-bond acceptors (Lipinski definition) is 5. The minimum atomic E-state index is 0.0811. The third-order valence-electron chi connectivity index (χ3n) is 6.86. The predicted octanol–water partition coefficient (Wildman–Crippen LogP) is 7.36. The standard InChI is InChI=1S/C12H15BrO2.C11H11BrO2.C5H10O/c1-7-6-8-9(13)4-5-10(14-2)11(8)12(7)15-3;1-6-5-7-8(12)3-4-9(14-2)10(7)11(6)13;1-5-3-2-4-6-5/h4-5,7,12H,6H2,1-3H3;3-4,6H,5H2,1-2H3;5H,2-4H2,1H3. The SMILES string of the molecule is CC1CCCO1.COc1ccc(Br)c2c1C(=O)C(C)C2.COc1ccc(Br)c2c1C(OC)C(C)C2. The Morgan fingerprint density at radius 2 is 1.51 bits per heavy atom. The number of fused-ring (bicyclic) bond motifs is 2. The second-order valence-electron chi connectivity index (χ2n) is 9.38. The predicted molar refractivity (Wildman–Crippen MR) is 146 cm³/mol. The number of hydrogen-bond donors (Lipinski definition) is 0. The van der Waals surface area contributed by atoms with Crippen LogP contribution in [0.2, 0.25) is 0 Å². The van der Waals surface area contributed by atoms with Gasteiger partial charge in [0.05, 0.1) is 32.0 Å². The summed E-state index contributed by atoms with van der Waals surface area (Å²) in [5.41, 5.74) is 4.38. The zero-order valence-corrected chi connectivity index (χ0v) is 24.6. The smallest absolute Gasteiger partial charge is 0.170 e. The van der Waals surface area contributed by atoms with Crippen LogP contribution in [-0.2, 0) is 22.3 Å². The van der Waals surface area contributed by atoms with Crippen LogP contribution in [0.3, 0.4) is 0 Å². The molecule has 5 rings (SSSR count). The fraction of sp³-hybridized carbons (Fsp3) is 0.536. The van der Waals surface area contributed by atoms with E-state index in [9.17, 15) is 4.79 Å². The van der Waals surface area contributed by atoms with Crippen molar-refractivity contribution < 1.29 is 23.7 Å². The Kier molecular flexibility index (Phi) is 10.2. The van der Waals surface area contributed by atoms with Crippen molar-refractivity contribution in [2.45, 2.75) is 58.7 Å². The molecule has 0 N–H and O–H groups in total. The molecule has 192 valence electrons. The number of benzene rings is 2. The van der Waals surface area contributed by atoms with Crippen LogP contribution in [-0.4, -0.2) is 39.8 Å². The molecule has 1 saturated heterocycles. The van der Waals surface area contributed by atoms with Gasteiger partial charge in [0.25, 0.3) is 0 Å². The Morgan fingerprint density at radius 3 is 2.03 bits per heavy atom. The van der Waals surface area contributed by atoms with Crippen molar-refractivity contribution in [2.75, 3.05) is 27.9 Å². The number of carbonyl (C=O) groups is 1. The third-order valence-corrected chi connectivity index (χ3v) is 8.35. The van der Waals surface area contributed by atoms with E-state index < -0.39 is 0 Å². The summed E-state index contributed by atoms with van der Waals surface area (Å²) in [5.74, 6) is 2.41. The van der Waals surface area contributed by atoms with Crippen molar-refractivity contribution >= 4 is 37.6 Å². The largest absolute Gasteiger partial charge is 0.496 e. The molecule has 1 heterocycles. The van der Waals surface area contributed by atoms with Crippen LogP contribution >= 0.6 is 31.9 Å². The maximum absolute atomic E-state index is 11.8. The fourth-order valence-electron chi connectivity index (χ4n) is 5.00. The molecule has 1 aliphatic heterocycles. The first-order valence-corrected chi connectivity index (χ1v) is 13.7. The number of halogens is 2. The van der Waals surface area contributed by atoms with Gasteiger partial charge in [-0.1, -0.05) is 45.7 Å². The molecule has 0 amide bonds. The van der Waals surface area contributed by atoms with Gasteiger partial charge in [-0.05, 0) is 73.9 Å². The van der Waals surface area contributed by atoms with Crippen molar-refractivity contribution in [3.63, 3.8) is 0 Å². The van der Waals surface area contributed by atoms with Crippen LogP contribution < -0.4 is 9.47 Å². The minimum absolute atomic E-state index is 0.0811. The highest BCUT2D eigenvalue weighted by Crippen LogP contribution is 2.46. The first kappa shape index (κ1) is 28.2. The molecule has 0 radical (unpaired) electrons. The second-order valence-corrected chi connectivity index (χ2v) is 11.1. The topological polar surface area (TPSA) is 54.0 Å². The van der Waals surface area contributed by atoms with Crippen LogP contribution in [0, 0.1) is 11.8 Å². The summed E-state index contributed by atoms with van der Waals surface area (Å²) in [6.07, 6.45) is 5.09. The van der Waals surface area contributed by atoms with Gasteiger partial charge in [0, 0.05) is 34.1 Å². The van der Waals surface area contributed by atoms with Gasteiger partial charge in [-0.15, -0.1) is 0 Å². The maximum atomic E-state index is 11.8. The van der Waals surface area contributed by atoms with Gasteiger partial charge in [-0.25, -0.2) is 0 Å². The lowest BCUT2D eigenvalue weighted by molar-refractivity contribution is 0.0677. The van der Waals surface area contributed by atoms with Crippen LogP contribution in [0.15, 0.2) is 33.2 Å². The highest BCUT2D eigenvalue weighted by Gasteiger charge is 2.34. The van der Waals surface area contributed by atoms with E-state index >= 15 is 0 Å². The van der Waals surface area contributed by atoms with Gasteiger partial charge in [0.1, 0.15) is 11.5 Å². The Bertz CT molecular complexity index is 1030. The number of carbonyl (C=O) groups excluding carboxylic acids is 1. The van der Waals surface area contributed by atoms with Crippen LogP contribution in [0.25, 0.3) is 0 Å². The van der Waals surface area contributed by atoms with Crippen LogP contribution in [0.4, 0.5) is 0 Å². The van der Waals surface area contributed by atoms with E-state index in [0.717, 1.165) is 45.3 Å². The minimum Gasteiger partial charge on any atom is -0.496 e. The molecular formula is C28H36Br2O5. The molecule has 0 spiro atoms. The summed E-state index contributed by atoms with van der Waals surface area (Å²) in [5, 5.41) is 0. The van der Waals surface area contributed by atoms with Crippen molar-refractivity contribution in [1.82, 2.24) is 0 Å². The molecule has 0 saturated carbocycles. The highest BCUT2D eigenvalue weighted by molar-refractivity contribution is 9.10. The Balaban J connectivity index is 0.000000159. The lowest BCUT2D eigenvalue weighted by Crippen LogP contribution is -2.06. The lowest BCUT2D eigenvalue weighted by Gasteiger charge is -2.17. The van der Waals surface area contributed by atoms with E-state index in [-0.39, 0.29) is 17.8 Å². The molecule has 2 aliphatic carbocycles. The van der Waals surface area contributed by atoms with Gasteiger partial charge in [-0.3, -0.25) is 4.79 Å². The summed E-state index contributed by atoms with van der Waals surface area (Å²) in [6, 6.07) is 7.80. The molecule has 3 aliphatic rings. The van der Waals surface area contributed by atoms with Crippen molar-refractivity contribution in [3.8, 4) is 11.5 Å². The lowest BCUT2D eigenvalue weighted by atomic mass is 10.1. The van der Waals surface area contributed by atoms with Gasteiger partial charge >= 0.3 is 0 Å². The summed E-state index contributed by atoms with van der Waals surface area (Å²) in [4.78, 5) is 11.8. The van der Waals surface area contributed by atoms with E-state index in [2.05, 4.69) is 45.7 Å². The fourth-order valence-corrected chi connectivity index (χ4v) is 6.00. The normalized spacial score (nSPS) is 24.1. The quantitative estimate of drug-likeness (QED) is 0.363. The molecule has 35 heavy (non-hydrogen) atoms. The average Bonchev–Trinajstić information content (AvgIpc) is 3.54. The first-order chi connectivity index (χ1) is 16.7. The molecule has 1 fully saturated rings. The van der Waals surface area contributed by atoms with Gasteiger partial charge in [-0.2, -0.15) is 0 Å². The Morgan fingerprint density at radius 1 is 0.886 bits per heavy atom. The zero-order chi connectivity index (χ0) is 25.7.